The number of carbonyl (C=O) groups is 2. The zero-order chi connectivity index (χ0) is 27.0. The van der Waals surface area contributed by atoms with Gasteiger partial charge >= 0.3 is 0 Å². The zero-order valence-electron chi connectivity index (χ0n) is 24.1. The van der Waals surface area contributed by atoms with Crippen LogP contribution in [0.3, 0.4) is 0 Å². The van der Waals surface area contributed by atoms with Gasteiger partial charge in [-0.15, -0.1) is 0 Å². The SMILES string of the molecule is C=C(C)C1=NC(C)(CCC(CC)C(C)(C)C)N(C(\C=C/C(C=O)=C\C=C/C)CCC(C)(C)C)C1=O. The second-order valence-electron chi connectivity index (χ2n) is 12.5. The molecule has 1 rings (SSSR count). The summed E-state index contributed by atoms with van der Waals surface area (Å²) in [7, 11) is 0. The van der Waals surface area contributed by atoms with E-state index in [1.54, 1.807) is 6.08 Å². The summed E-state index contributed by atoms with van der Waals surface area (Å²) in [6, 6.07) is -0.170. The second-order valence-corrected chi connectivity index (χ2v) is 12.5. The van der Waals surface area contributed by atoms with E-state index in [1.807, 2.05) is 43.1 Å². The van der Waals surface area contributed by atoms with Crippen LogP contribution in [-0.4, -0.2) is 34.5 Å². The largest absolute Gasteiger partial charge is 0.306 e. The van der Waals surface area contributed by atoms with E-state index in [2.05, 4.69) is 62.0 Å². The van der Waals surface area contributed by atoms with E-state index in [9.17, 15) is 9.59 Å². The molecule has 4 nitrogen and oxygen atoms in total. The van der Waals surface area contributed by atoms with Gasteiger partial charge in [0.1, 0.15) is 17.7 Å². The number of hydrogen-bond acceptors (Lipinski definition) is 3. The van der Waals surface area contributed by atoms with Crippen molar-refractivity contribution in [2.24, 2.45) is 21.7 Å². The van der Waals surface area contributed by atoms with Crippen LogP contribution in [0.5, 0.6) is 0 Å². The van der Waals surface area contributed by atoms with E-state index in [-0.39, 0.29) is 22.8 Å². The fraction of sp³-hybridized carbons (Fsp3) is 0.645. The Hall–Kier alpha value is -2.23. The molecule has 0 aliphatic carbocycles. The van der Waals surface area contributed by atoms with Crippen LogP contribution >= 0.6 is 0 Å². The van der Waals surface area contributed by atoms with Crippen molar-refractivity contribution < 1.29 is 9.59 Å². The average molecular weight is 483 g/mol. The van der Waals surface area contributed by atoms with Crippen molar-refractivity contribution in [3.8, 4) is 0 Å². The van der Waals surface area contributed by atoms with Crippen LogP contribution in [0.15, 0.2) is 53.1 Å². The van der Waals surface area contributed by atoms with Gasteiger partial charge in [-0.05, 0) is 68.8 Å². The number of hydrogen-bond donors (Lipinski definition) is 0. The van der Waals surface area contributed by atoms with Gasteiger partial charge in [-0.2, -0.15) is 0 Å². The molecule has 0 saturated heterocycles. The molecule has 3 unspecified atom stereocenters. The number of aldehydes is 1. The van der Waals surface area contributed by atoms with Gasteiger partial charge in [0.2, 0.25) is 0 Å². The van der Waals surface area contributed by atoms with Gasteiger partial charge in [0.05, 0.1) is 6.04 Å². The van der Waals surface area contributed by atoms with Gasteiger partial charge in [0, 0.05) is 5.57 Å². The van der Waals surface area contributed by atoms with Gasteiger partial charge in [-0.1, -0.05) is 91.8 Å². The van der Waals surface area contributed by atoms with E-state index < -0.39 is 5.66 Å². The average Bonchev–Trinajstić information content (AvgIpc) is 3.00. The lowest BCUT2D eigenvalue weighted by Gasteiger charge is -2.41. The monoisotopic (exact) mass is 482 g/mol. The number of carbonyl (C=O) groups excluding carboxylic acids is 2. The van der Waals surface area contributed by atoms with Crippen LogP contribution in [0.1, 0.15) is 101 Å². The summed E-state index contributed by atoms with van der Waals surface area (Å²) < 4.78 is 0. The van der Waals surface area contributed by atoms with Crippen LogP contribution in [0.25, 0.3) is 0 Å². The van der Waals surface area contributed by atoms with Crippen LogP contribution < -0.4 is 0 Å². The maximum Gasteiger partial charge on any atom is 0.274 e. The zero-order valence-corrected chi connectivity index (χ0v) is 24.1. The molecule has 0 bridgehead atoms. The maximum absolute atomic E-state index is 13.7. The molecular weight excluding hydrogens is 432 g/mol. The summed E-state index contributed by atoms with van der Waals surface area (Å²) in [6.07, 6.45) is 14.9. The van der Waals surface area contributed by atoms with Crippen molar-refractivity contribution >= 4 is 17.9 Å². The third-order valence-corrected chi connectivity index (χ3v) is 7.03. The maximum atomic E-state index is 13.7. The highest BCUT2D eigenvalue weighted by atomic mass is 16.2. The number of rotatable bonds is 12. The van der Waals surface area contributed by atoms with Crippen LogP contribution in [0, 0.1) is 16.7 Å². The molecular formula is C31H50N2O2. The van der Waals surface area contributed by atoms with Crippen molar-refractivity contribution in [3.05, 3.63) is 48.1 Å². The molecule has 0 radical (unpaired) electrons. The molecule has 0 aromatic rings. The Morgan fingerprint density at radius 1 is 1.17 bits per heavy atom. The van der Waals surface area contributed by atoms with Crippen molar-refractivity contribution in [1.82, 2.24) is 4.90 Å². The fourth-order valence-electron chi connectivity index (χ4n) is 4.79. The first kappa shape index (κ1) is 30.8. The van der Waals surface area contributed by atoms with Gasteiger partial charge in [-0.3, -0.25) is 14.6 Å². The minimum absolute atomic E-state index is 0.0579. The molecule has 1 heterocycles. The second kappa shape index (κ2) is 12.6. The first-order chi connectivity index (χ1) is 16.1. The molecule has 0 fully saturated rings. The summed E-state index contributed by atoms with van der Waals surface area (Å²) in [6.45, 7) is 25.7. The third-order valence-electron chi connectivity index (χ3n) is 7.03. The minimum Gasteiger partial charge on any atom is -0.306 e. The highest BCUT2D eigenvalue weighted by Gasteiger charge is 2.46. The Kier molecular flexibility index (Phi) is 11.1. The Balaban J connectivity index is 3.48. The van der Waals surface area contributed by atoms with Crippen molar-refractivity contribution in [3.63, 3.8) is 0 Å². The fourth-order valence-corrected chi connectivity index (χ4v) is 4.79. The first-order valence-electron chi connectivity index (χ1n) is 13.2. The molecule has 0 aromatic heterocycles. The molecule has 0 N–H and O–H groups in total. The Morgan fingerprint density at radius 2 is 1.80 bits per heavy atom. The number of allylic oxidation sites excluding steroid dienone is 5. The lowest BCUT2D eigenvalue weighted by molar-refractivity contribution is -0.129. The lowest BCUT2D eigenvalue weighted by atomic mass is 9.75. The summed E-state index contributed by atoms with van der Waals surface area (Å²) in [4.78, 5) is 32.3. The highest BCUT2D eigenvalue weighted by molar-refractivity contribution is 6.46. The van der Waals surface area contributed by atoms with Crippen molar-refractivity contribution in [2.75, 3.05) is 0 Å². The normalized spacial score (nSPS) is 21.7. The van der Waals surface area contributed by atoms with E-state index >= 15 is 0 Å². The minimum atomic E-state index is -0.648. The standard InChI is InChI=1S/C31H50N2O2/c1-12-14-15-24(22-34)16-17-26(19-20-29(5,6)7)33-28(35)27(23(3)4)32-31(33,11)21-18-25(13-2)30(8,9)10/h12,14-17,22,25-26H,3,13,18-21H2,1-2,4-11H3/b14-12-,17-16-,24-15+. The third kappa shape index (κ3) is 9.05. The number of nitrogens with zero attached hydrogens (tertiary/aromatic N) is 2. The van der Waals surface area contributed by atoms with Gasteiger partial charge in [-0.25, -0.2) is 0 Å². The molecule has 1 aliphatic heterocycles. The molecule has 1 amide bonds. The quantitative estimate of drug-likeness (QED) is 0.161. The predicted octanol–water partition coefficient (Wildman–Crippen LogP) is 7.87. The smallest absolute Gasteiger partial charge is 0.274 e. The molecule has 1 aliphatic rings. The summed E-state index contributed by atoms with van der Waals surface area (Å²) in [5.74, 6) is 0.479. The topological polar surface area (TPSA) is 49.7 Å². The van der Waals surface area contributed by atoms with Crippen LogP contribution in [0.4, 0.5) is 0 Å². The lowest BCUT2D eigenvalue weighted by Crippen LogP contribution is -2.51. The molecule has 35 heavy (non-hydrogen) atoms. The predicted molar refractivity (Wildman–Crippen MR) is 151 cm³/mol. The molecule has 0 saturated carbocycles. The van der Waals surface area contributed by atoms with Gasteiger partial charge in [0.25, 0.3) is 5.91 Å². The number of amides is 1. The van der Waals surface area contributed by atoms with Crippen LogP contribution in [-0.2, 0) is 9.59 Å². The van der Waals surface area contributed by atoms with Crippen molar-refractivity contribution in [2.45, 2.75) is 113 Å². The highest BCUT2D eigenvalue weighted by Crippen LogP contribution is 2.40. The molecule has 0 aromatic carbocycles. The van der Waals surface area contributed by atoms with Gasteiger partial charge in [0.15, 0.2) is 0 Å². The Morgan fingerprint density at radius 3 is 2.26 bits per heavy atom. The van der Waals surface area contributed by atoms with E-state index in [0.29, 0.717) is 22.8 Å². The summed E-state index contributed by atoms with van der Waals surface area (Å²) >= 11 is 0. The molecule has 196 valence electrons. The van der Waals surface area contributed by atoms with Gasteiger partial charge < -0.3 is 4.90 Å². The number of aliphatic imine (C=N–C) groups is 1. The van der Waals surface area contributed by atoms with E-state index in [4.69, 9.17) is 4.99 Å². The molecule has 0 spiro atoms. The Labute approximate surface area is 215 Å². The Bertz CT molecular complexity index is 877. The van der Waals surface area contributed by atoms with E-state index in [1.165, 1.54) is 0 Å². The molecule has 3 atom stereocenters. The summed E-state index contributed by atoms with van der Waals surface area (Å²) in [5, 5.41) is 0. The summed E-state index contributed by atoms with van der Waals surface area (Å²) in [5.41, 5.74) is 1.43. The first-order valence-corrected chi connectivity index (χ1v) is 13.2. The van der Waals surface area contributed by atoms with Crippen LogP contribution in [0.2, 0.25) is 0 Å². The van der Waals surface area contributed by atoms with E-state index in [0.717, 1.165) is 38.4 Å². The molecule has 4 heteroatoms. The van der Waals surface area contributed by atoms with Crippen molar-refractivity contribution in [1.29, 1.82) is 0 Å².